The van der Waals surface area contributed by atoms with Gasteiger partial charge >= 0.3 is 0 Å². The zero-order valence-corrected chi connectivity index (χ0v) is 10.1. The van der Waals surface area contributed by atoms with Crippen LogP contribution in [0.5, 0.6) is 0 Å². The summed E-state index contributed by atoms with van der Waals surface area (Å²) in [5.74, 6) is -3.19. The number of rotatable bonds is 2. The smallest absolute Gasteiger partial charge is 0.267 e. The van der Waals surface area contributed by atoms with Gasteiger partial charge in [0.05, 0.1) is 5.56 Å². The molecule has 0 unspecified atom stereocenters. The molecule has 2 amide bonds. The summed E-state index contributed by atoms with van der Waals surface area (Å²) < 4.78 is 25.9. The lowest BCUT2D eigenvalue weighted by Crippen LogP contribution is -2.41. The van der Waals surface area contributed by atoms with Gasteiger partial charge in [-0.1, -0.05) is 0 Å². The van der Waals surface area contributed by atoms with Crippen LogP contribution >= 0.6 is 0 Å². The Morgan fingerprint density at radius 3 is 2.10 bits per heavy atom. The molecule has 0 saturated heterocycles. The Hall–Kier alpha value is -2.83. The molecule has 2 N–H and O–H groups in total. The molecule has 0 atom stereocenters. The molecule has 5 nitrogen and oxygen atoms in total. The number of nitrogens with zero attached hydrogens (tertiary/aromatic N) is 1. The lowest BCUT2D eigenvalue weighted by Gasteiger charge is -2.07. The summed E-state index contributed by atoms with van der Waals surface area (Å²) in [4.78, 5) is 27.0. The van der Waals surface area contributed by atoms with E-state index in [1.807, 2.05) is 0 Å². The highest BCUT2D eigenvalue weighted by Crippen LogP contribution is 2.07. The molecule has 2 aromatic rings. The van der Waals surface area contributed by atoms with Gasteiger partial charge in [-0.25, -0.2) is 8.78 Å². The number of carbonyl (C=O) groups excluding carboxylic acids is 2. The van der Waals surface area contributed by atoms with Crippen LogP contribution in [-0.4, -0.2) is 16.8 Å². The van der Waals surface area contributed by atoms with Gasteiger partial charge in [0, 0.05) is 24.0 Å². The van der Waals surface area contributed by atoms with Crippen LogP contribution in [0.25, 0.3) is 0 Å². The number of pyridine rings is 1. The van der Waals surface area contributed by atoms with Gasteiger partial charge in [0.25, 0.3) is 11.8 Å². The van der Waals surface area contributed by atoms with Gasteiger partial charge in [-0.05, 0) is 24.3 Å². The van der Waals surface area contributed by atoms with E-state index in [0.29, 0.717) is 6.07 Å². The first-order valence-corrected chi connectivity index (χ1v) is 5.53. The SMILES string of the molecule is O=C(NNC(=O)c1cc(F)cc(F)c1)c1cccnc1. The molecular formula is C13H9F2N3O2. The molecule has 1 aromatic carbocycles. The maximum Gasteiger partial charge on any atom is 0.271 e. The van der Waals surface area contributed by atoms with Crippen LogP contribution in [0, 0.1) is 11.6 Å². The number of nitrogens with one attached hydrogen (secondary N) is 2. The summed E-state index contributed by atoms with van der Waals surface area (Å²) in [5, 5.41) is 0. The Bertz CT molecular complexity index is 627. The number of hydrogen-bond acceptors (Lipinski definition) is 3. The van der Waals surface area contributed by atoms with Gasteiger partial charge in [0.2, 0.25) is 0 Å². The van der Waals surface area contributed by atoms with Crippen LogP contribution in [0.15, 0.2) is 42.7 Å². The van der Waals surface area contributed by atoms with Crippen molar-refractivity contribution >= 4 is 11.8 Å². The fourth-order valence-electron chi connectivity index (χ4n) is 1.44. The minimum Gasteiger partial charge on any atom is -0.267 e. The maximum absolute atomic E-state index is 12.9. The Balaban J connectivity index is 2.00. The van der Waals surface area contributed by atoms with Crippen LogP contribution in [0.1, 0.15) is 20.7 Å². The van der Waals surface area contributed by atoms with E-state index in [0.717, 1.165) is 12.1 Å². The van der Waals surface area contributed by atoms with Gasteiger partial charge in [0.15, 0.2) is 0 Å². The van der Waals surface area contributed by atoms with Crippen molar-refractivity contribution in [2.75, 3.05) is 0 Å². The van der Waals surface area contributed by atoms with Gasteiger partial charge < -0.3 is 0 Å². The van der Waals surface area contributed by atoms with Crippen molar-refractivity contribution in [1.29, 1.82) is 0 Å². The zero-order chi connectivity index (χ0) is 14.5. The molecule has 0 aliphatic carbocycles. The first kappa shape index (κ1) is 13.6. The van der Waals surface area contributed by atoms with E-state index in [4.69, 9.17) is 0 Å². The average Bonchev–Trinajstić information content (AvgIpc) is 2.44. The Morgan fingerprint density at radius 1 is 0.950 bits per heavy atom. The summed E-state index contributed by atoms with van der Waals surface area (Å²) in [7, 11) is 0. The Kier molecular flexibility index (Phi) is 3.99. The molecule has 7 heteroatoms. The lowest BCUT2D eigenvalue weighted by atomic mass is 10.2. The normalized spacial score (nSPS) is 9.90. The molecule has 0 spiro atoms. The van der Waals surface area contributed by atoms with Crippen LogP contribution in [0.4, 0.5) is 8.78 Å². The molecule has 1 heterocycles. The van der Waals surface area contributed by atoms with E-state index in [-0.39, 0.29) is 11.1 Å². The summed E-state index contributed by atoms with van der Waals surface area (Å²) in [6.07, 6.45) is 2.80. The topological polar surface area (TPSA) is 71.1 Å². The average molecular weight is 277 g/mol. The van der Waals surface area contributed by atoms with Crippen molar-refractivity contribution in [2.45, 2.75) is 0 Å². The summed E-state index contributed by atoms with van der Waals surface area (Å²) in [6.45, 7) is 0. The molecule has 2 rings (SSSR count). The Labute approximate surface area is 112 Å². The second kappa shape index (κ2) is 5.87. The minimum absolute atomic E-state index is 0.234. The van der Waals surface area contributed by atoms with Gasteiger partial charge in [0.1, 0.15) is 11.6 Å². The van der Waals surface area contributed by atoms with E-state index in [1.165, 1.54) is 18.5 Å². The number of hydrazine groups is 1. The maximum atomic E-state index is 12.9. The molecule has 0 radical (unpaired) electrons. The first-order chi connectivity index (χ1) is 9.56. The fraction of sp³-hybridized carbons (Fsp3) is 0. The standard InChI is InChI=1S/C13H9F2N3O2/c14-10-4-9(5-11(15)6-10)13(20)18-17-12(19)8-2-1-3-16-7-8/h1-7H,(H,17,19)(H,18,20). The molecule has 102 valence electrons. The van der Waals surface area contributed by atoms with Crippen molar-refractivity contribution in [2.24, 2.45) is 0 Å². The second-order valence-electron chi connectivity index (χ2n) is 3.81. The van der Waals surface area contributed by atoms with E-state index < -0.39 is 23.4 Å². The van der Waals surface area contributed by atoms with E-state index >= 15 is 0 Å². The van der Waals surface area contributed by atoms with Crippen molar-refractivity contribution in [3.63, 3.8) is 0 Å². The third-order valence-electron chi connectivity index (χ3n) is 2.34. The van der Waals surface area contributed by atoms with Crippen molar-refractivity contribution in [1.82, 2.24) is 15.8 Å². The first-order valence-electron chi connectivity index (χ1n) is 5.53. The summed E-state index contributed by atoms with van der Waals surface area (Å²) >= 11 is 0. The van der Waals surface area contributed by atoms with Gasteiger partial charge in [-0.2, -0.15) is 0 Å². The molecule has 0 aliphatic rings. The predicted octanol–water partition coefficient (Wildman–Crippen LogP) is 1.43. The fourth-order valence-corrected chi connectivity index (χ4v) is 1.44. The van der Waals surface area contributed by atoms with Crippen molar-refractivity contribution in [3.8, 4) is 0 Å². The quantitative estimate of drug-likeness (QED) is 0.816. The lowest BCUT2D eigenvalue weighted by molar-refractivity contribution is 0.0846. The van der Waals surface area contributed by atoms with Crippen molar-refractivity contribution in [3.05, 3.63) is 65.5 Å². The number of benzene rings is 1. The monoisotopic (exact) mass is 277 g/mol. The molecule has 20 heavy (non-hydrogen) atoms. The highest BCUT2D eigenvalue weighted by atomic mass is 19.1. The molecule has 0 fully saturated rings. The second-order valence-corrected chi connectivity index (χ2v) is 3.81. The van der Waals surface area contributed by atoms with E-state index in [9.17, 15) is 18.4 Å². The number of carbonyl (C=O) groups is 2. The molecule has 0 saturated carbocycles. The summed E-state index contributed by atoms with van der Waals surface area (Å²) in [6, 6.07) is 5.41. The summed E-state index contributed by atoms with van der Waals surface area (Å²) in [5.41, 5.74) is 4.16. The number of aromatic nitrogens is 1. The molecule has 0 aliphatic heterocycles. The van der Waals surface area contributed by atoms with Gasteiger partial charge in [-0.15, -0.1) is 0 Å². The van der Waals surface area contributed by atoms with E-state index in [1.54, 1.807) is 6.07 Å². The number of hydrogen-bond donors (Lipinski definition) is 2. The zero-order valence-electron chi connectivity index (χ0n) is 10.1. The van der Waals surface area contributed by atoms with Crippen molar-refractivity contribution < 1.29 is 18.4 Å². The number of amides is 2. The van der Waals surface area contributed by atoms with Crippen LogP contribution < -0.4 is 10.9 Å². The van der Waals surface area contributed by atoms with E-state index in [2.05, 4.69) is 15.8 Å². The highest BCUT2D eigenvalue weighted by molar-refractivity contribution is 5.98. The Morgan fingerprint density at radius 2 is 1.55 bits per heavy atom. The third kappa shape index (κ3) is 3.35. The third-order valence-corrected chi connectivity index (χ3v) is 2.34. The largest absolute Gasteiger partial charge is 0.271 e. The van der Waals surface area contributed by atoms with Crippen LogP contribution in [0.2, 0.25) is 0 Å². The van der Waals surface area contributed by atoms with Crippen LogP contribution in [-0.2, 0) is 0 Å². The molecular weight excluding hydrogens is 268 g/mol. The minimum atomic E-state index is -0.881. The van der Waals surface area contributed by atoms with Crippen LogP contribution in [0.3, 0.4) is 0 Å². The molecule has 1 aromatic heterocycles. The predicted molar refractivity (Wildman–Crippen MR) is 65.5 cm³/mol. The number of halogens is 2. The highest BCUT2D eigenvalue weighted by Gasteiger charge is 2.11. The van der Waals surface area contributed by atoms with Gasteiger partial charge in [-0.3, -0.25) is 25.4 Å². The molecule has 0 bridgehead atoms.